The summed E-state index contributed by atoms with van der Waals surface area (Å²) in [6.07, 6.45) is 10.5. The van der Waals surface area contributed by atoms with E-state index in [0.717, 1.165) is 18.3 Å². The summed E-state index contributed by atoms with van der Waals surface area (Å²) in [6, 6.07) is 0.458. The Labute approximate surface area is 81.4 Å². The van der Waals surface area contributed by atoms with Crippen molar-refractivity contribution in [2.24, 2.45) is 17.6 Å². The third-order valence-corrected chi connectivity index (χ3v) is 3.75. The molecule has 74 valence electrons. The molecule has 0 aliphatic heterocycles. The highest BCUT2D eigenvalue weighted by molar-refractivity contribution is 5.11. The van der Waals surface area contributed by atoms with Crippen LogP contribution in [-0.2, 0) is 0 Å². The van der Waals surface area contributed by atoms with E-state index in [1.54, 1.807) is 5.57 Å². The molecule has 0 amide bonds. The molecule has 2 aliphatic rings. The van der Waals surface area contributed by atoms with Crippen LogP contribution in [0.5, 0.6) is 0 Å². The first-order chi connectivity index (χ1) is 6.25. The van der Waals surface area contributed by atoms with Crippen molar-refractivity contribution in [2.45, 2.75) is 51.5 Å². The standard InChI is InChI=1S/C12H21N/c1-9(11-3-2-4-11)7-10-5-6-12(13)8-10/h7,9,11-12H,2-6,8,13H2,1H3/b10-7-. The molecule has 0 aromatic heterocycles. The summed E-state index contributed by atoms with van der Waals surface area (Å²) in [5.74, 6) is 1.80. The Hall–Kier alpha value is -0.300. The van der Waals surface area contributed by atoms with Gasteiger partial charge in [-0.3, -0.25) is 0 Å². The van der Waals surface area contributed by atoms with E-state index in [4.69, 9.17) is 5.73 Å². The zero-order valence-corrected chi connectivity index (χ0v) is 8.63. The Kier molecular flexibility index (Phi) is 2.73. The molecule has 0 spiro atoms. The third-order valence-electron chi connectivity index (χ3n) is 3.75. The van der Waals surface area contributed by atoms with Crippen molar-refractivity contribution in [3.05, 3.63) is 11.6 Å². The molecule has 0 heterocycles. The molecule has 2 rings (SSSR count). The van der Waals surface area contributed by atoms with Gasteiger partial charge < -0.3 is 5.73 Å². The first kappa shape index (κ1) is 9.26. The van der Waals surface area contributed by atoms with Gasteiger partial charge >= 0.3 is 0 Å². The van der Waals surface area contributed by atoms with Gasteiger partial charge in [0.15, 0.2) is 0 Å². The van der Waals surface area contributed by atoms with Crippen molar-refractivity contribution >= 4 is 0 Å². The number of hydrogen-bond donors (Lipinski definition) is 1. The van der Waals surface area contributed by atoms with Crippen molar-refractivity contribution in [1.82, 2.24) is 0 Å². The van der Waals surface area contributed by atoms with Crippen LogP contribution in [0.15, 0.2) is 11.6 Å². The van der Waals surface area contributed by atoms with Gasteiger partial charge in [-0.25, -0.2) is 0 Å². The molecular weight excluding hydrogens is 158 g/mol. The average Bonchev–Trinajstić information content (AvgIpc) is 2.31. The maximum absolute atomic E-state index is 5.88. The fourth-order valence-electron chi connectivity index (χ4n) is 2.54. The highest BCUT2D eigenvalue weighted by Gasteiger charge is 2.24. The lowest BCUT2D eigenvalue weighted by Crippen LogP contribution is -2.18. The summed E-state index contributed by atoms with van der Waals surface area (Å²) >= 11 is 0. The fraction of sp³-hybridized carbons (Fsp3) is 0.833. The topological polar surface area (TPSA) is 26.0 Å². The summed E-state index contributed by atoms with van der Waals surface area (Å²) < 4.78 is 0. The van der Waals surface area contributed by atoms with Crippen LogP contribution in [0.3, 0.4) is 0 Å². The molecule has 0 aromatic carbocycles. The van der Waals surface area contributed by atoms with Crippen molar-refractivity contribution in [3.8, 4) is 0 Å². The van der Waals surface area contributed by atoms with Gasteiger partial charge in [-0.15, -0.1) is 0 Å². The maximum atomic E-state index is 5.88. The molecular formula is C12H21N. The Morgan fingerprint density at radius 1 is 1.38 bits per heavy atom. The summed E-state index contributed by atoms with van der Waals surface area (Å²) in [6.45, 7) is 2.38. The van der Waals surface area contributed by atoms with Crippen LogP contribution >= 0.6 is 0 Å². The van der Waals surface area contributed by atoms with Gasteiger partial charge in [0, 0.05) is 6.04 Å². The average molecular weight is 179 g/mol. The minimum Gasteiger partial charge on any atom is -0.327 e. The first-order valence-corrected chi connectivity index (χ1v) is 5.71. The van der Waals surface area contributed by atoms with Gasteiger partial charge in [-0.2, -0.15) is 0 Å². The second kappa shape index (κ2) is 3.83. The molecule has 1 heteroatoms. The van der Waals surface area contributed by atoms with Crippen LogP contribution in [0, 0.1) is 11.8 Å². The minimum atomic E-state index is 0.458. The first-order valence-electron chi connectivity index (χ1n) is 5.71. The number of rotatable bonds is 2. The zero-order chi connectivity index (χ0) is 9.26. The van der Waals surface area contributed by atoms with E-state index < -0.39 is 0 Å². The molecule has 2 atom stereocenters. The molecule has 0 radical (unpaired) electrons. The molecule has 2 saturated carbocycles. The van der Waals surface area contributed by atoms with E-state index in [2.05, 4.69) is 13.0 Å². The SMILES string of the molecule is CC(/C=C1/CCC(N)C1)C1CCC1. The Balaban J connectivity index is 1.87. The molecule has 0 saturated heterocycles. The molecule has 1 nitrogen and oxygen atoms in total. The summed E-state index contributed by atoms with van der Waals surface area (Å²) in [4.78, 5) is 0. The van der Waals surface area contributed by atoms with E-state index in [1.807, 2.05) is 0 Å². The second-order valence-corrected chi connectivity index (χ2v) is 4.88. The Morgan fingerprint density at radius 3 is 2.62 bits per heavy atom. The number of hydrogen-bond acceptors (Lipinski definition) is 1. The monoisotopic (exact) mass is 179 g/mol. The maximum Gasteiger partial charge on any atom is 0.00791 e. The molecule has 2 N–H and O–H groups in total. The highest BCUT2D eigenvalue weighted by Crippen LogP contribution is 2.36. The van der Waals surface area contributed by atoms with E-state index in [-0.39, 0.29) is 0 Å². The summed E-state index contributed by atoms with van der Waals surface area (Å²) in [5, 5.41) is 0. The second-order valence-electron chi connectivity index (χ2n) is 4.88. The number of nitrogens with two attached hydrogens (primary N) is 1. The smallest absolute Gasteiger partial charge is 0.00791 e. The van der Waals surface area contributed by atoms with Crippen molar-refractivity contribution < 1.29 is 0 Å². The highest BCUT2D eigenvalue weighted by atomic mass is 14.6. The lowest BCUT2D eigenvalue weighted by Gasteiger charge is -2.30. The van der Waals surface area contributed by atoms with E-state index >= 15 is 0 Å². The van der Waals surface area contributed by atoms with Crippen LogP contribution in [-0.4, -0.2) is 6.04 Å². The van der Waals surface area contributed by atoms with Crippen molar-refractivity contribution in [2.75, 3.05) is 0 Å². The lowest BCUT2D eigenvalue weighted by atomic mass is 9.76. The molecule has 2 unspecified atom stereocenters. The largest absolute Gasteiger partial charge is 0.327 e. The molecule has 0 bridgehead atoms. The van der Waals surface area contributed by atoms with E-state index in [1.165, 1.54) is 32.1 Å². The molecule has 0 aromatic rings. The van der Waals surface area contributed by atoms with Crippen LogP contribution in [0.2, 0.25) is 0 Å². The summed E-state index contributed by atoms with van der Waals surface area (Å²) in [7, 11) is 0. The van der Waals surface area contributed by atoms with Gasteiger partial charge in [-0.05, 0) is 43.9 Å². The Bertz CT molecular complexity index is 203. The van der Waals surface area contributed by atoms with Crippen molar-refractivity contribution in [1.29, 1.82) is 0 Å². The number of allylic oxidation sites excluding steroid dienone is 1. The van der Waals surface area contributed by atoms with Gasteiger partial charge in [0.1, 0.15) is 0 Å². The fourth-order valence-corrected chi connectivity index (χ4v) is 2.54. The lowest BCUT2D eigenvalue weighted by molar-refractivity contribution is 0.254. The zero-order valence-electron chi connectivity index (χ0n) is 8.63. The molecule has 13 heavy (non-hydrogen) atoms. The Morgan fingerprint density at radius 2 is 2.15 bits per heavy atom. The van der Waals surface area contributed by atoms with E-state index in [0.29, 0.717) is 6.04 Å². The predicted molar refractivity (Wildman–Crippen MR) is 56.4 cm³/mol. The van der Waals surface area contributed by atoms with E-state index in [9.17, 15) is 0 Å². The van der Waals surface area contributed by atoms with Crippen LogP contribution in [0.1, 0.15) is 45.4 Å². The minimum absolute atomic E-state index is 0.458. The third kappa shape index (κ3) is 2.14. The van der Waals surface area contributed by atoms with Gasteiger partial charge in [0.05, 0.1) is 0 Å². The summed E-state index contributed by atoms with van der Waals surface area (Å²) in [5.41, 5.74) is 7.51. The van der Waals surface area contributed by atoms with Crippen molar-refractivity contribution in [3.63, 3.8) is 0 Å². The molecule has 2 fully saturated rings. The van der Waals surface area contributed by atoms with Crippen LogP contribution in [0.4, 0.5) is 0 Å². The van der Waals surface area contributed by atoms with Gasteiger partial charge in [0.25, 0.3) is 0 Å². The molecule has 2 aliphatic carbocycles. The quantitative estimate of drug-likeness (QED) is 0.648. The van der Waals surface area contributed by atoms with Gasteiger partial charge in [0.2, 0.25) is 0 Å². The van der Waals surface area contributed by atoms with Crippen LogP contribution in [0.25, 0.3) is 0 Å². The predicted octanol–water partition coefficient (Wildman–Crippen LogP) is 2.86. The van der Waals surface area contributed by atoms with Crippen LogP contribution < -0.4 is 5.73 Å². The normalized spacial score (nSPS) is 34.9. The van der Waals surface area contributed by atoms with Gasteiger partial charge in [-0.1, -0.05) is 25.0 Å².